The number of anilines is 1. The molecule has 1 aliphatic heterocycles. The molecule has 0 saturated carbocycles. The number of hydrogen-bond acceptors (Lipinski definition) is 5. The van der Waals surface area contributed by atoms with Crippen LogP contribution in [-0.4, -0.2) is 49.8 Å². The van der Waals surface area contributed by atoms with Gasteiger partial charge in [0.05, 0.1) is 25.4 Å². The van der Waals surface area contributed by atoms with E-state index < -0.39 is 11.6 Å². The van der Waals surface area contributed by atoms with Gasteiger partial charge in [-0.05, 0) is 65.9 Å². The Kier molecular flexibility index (Phi) is 7.88. The molecule has 0 radical (unpaired) electrons. The SMILES string of the molecule is COc1cc2c(cc1OC)C(Cc1ccc(F)c(F)c1)N(CCNC(=O)Nc1ccnc3ccccc13)CC2. The highest BCUT2D eigenvalue weighted by atomic mass is 19.2. The van der Waals surface area contributed by atoms with Gasteiger partial charge < -0.3 is 20.1 Å². The zero-order valence-electron chi connectivity index (χ0n) is 21.8. The second kappa shape index (κ2) is 11.7. The van der Waals surface area contributed by atoms with Crippen LogP contribution in [0.1, 0.15) is 22.7 Å². The summed E-state index contributed by atoms with van der Waals surface area (Å²) in [5.41, 5.74) is 4.32. The van der Waals surface area contributed by atoms with E-state index >= 15 is 0 Å². The van der Waals surface area contributed by atoms with Gasteiger partial charge in [0, 0.05) is 37.3 Å². The van der Waals surface area contributed by atoms with Crippen molar-refractivity contribution in [2.45, 2.75) is 18.9 Å². The summed E-state index contributed by atoms with van der Waals surface area (Å²) in [7, 11) is 3.19. The fraction of sp³-hybridized carbons (Fsp3) is 0.267. The number of urea groups is 1. The van der Waals surface area contributed by atoms with Crippen molar-refractivity contribution in [1.29, 1.82) is 0 Å². The van der Waals surface area contributed by atoms with Crippen molar-refractivity contribution in [3.05, 3.63) is 95.2 Å². The van der Waals surface area contributed by atoms with E-state index in [0.717, 1.165) is 41.1 Å². The van der Waals surface area contributed by atoms with Crippen LogP contribution in [0.2, 0.25) is 0 Å². The Morgan fingerprint density at radius 1 is 1.03 bits per heavy atom. The number of para-hydroxylation sites is 1. The molecule has 7 nitrogen and oxygen atoms in total. The lowest BCUT2D eigenvalue weighted by molar-refractivity contribution is 0.183. The molecule has 1 aromatic heterocycles. The highest BCUT2D eigenvalue weighted by molar-refractivity contribution is 6.00. The van der Waals surface area contributed by atoms with Gasteiger partial charge in [-0.2, -0.15) is 0 Å². The molecule has 3 aromatic carbocycles. The number of ether oxygens (including phenoxy) is 2. The van der Waals surface area contributed by atoms with E-state index in [1.165, 1.54) is 6.07 Å². The minimum absolute atomic E-state index is 0.132. The summed E-state index contributed by atoms with van der Waals surface area (Å²) in [6, 6.07) is 16.9. The Bertz CT molecular complexity index is 1490. The van der Waals surface area contributed by atoms with E-state index in [-0.39, 0.29) is 12.1 Å². The third kappa shape index (κ3) is 5.78. The van der Waals surface area contributed by atoms with Crippen LogP contribution >= 0.6 is 0 Å². The number of amides is 2. The van der Waals surface area contributed by atoms with Gasteiger partial charge in [-0.15, -0.1) is 0 Å². The smallest absolute Gasteiger partial charge is 0.319 e. The molecular formula is C30H30F2N4O3. The van der Waals surface area contributed by atoms with Gasteiger partial charge in [-0.1, -0.05) is 24.3 Å². The summed E-state index contributed by atoms with van der Waals surface area (Å²) in [5, 5.41) is 6.71. The van der Waals surface area contributed by atoms with Crippen molar-refractivity contribution in [1.82, 2.24) is 15.2 Å². The number of nitrogens with one attached hydrogen (secondary N) is 2. The Morgan fingerprint density at radius 3 is 2.62 bits per heavy atom. The monoisotopic (exact) mass is 532 g/mol. The van der Waals surface area contributed by atoms with Crippen molar-refractivity contribution in [3.63, 3.8) is 0 Å². The molecule has 2 heterocycles. The first kappa shape index (κ1) is 26.4. The van der Waals surface area contributed by atoms with E-state index in [4.69, 9.17) is 9.47 Å². The van der Waals surface area contributed by atoms with Crippen LogP contribution in [0.3, 0.4) is 0 Å². The van der Waals surface area contributed by atoms with Crippen molar-refractivity contribution in [3.8, 4) is 11.5 Å². The Balaban J connectivity index is 1.32. The maximum absolute atomic E-state index is 14.0. The van der Waals surface area contributed by atoms with E-state index in [1.807, 2.05) is 36.4 Å². The summed E-state index contributed by atoms with van der Waals surface area (Å²) in [6.07, 6.45) is 2.91. The number of fused-ring (bicyclic) bond motifs is 2. The van der Waals surface area contributed by atoms with E-state index in [9.17, 15) is 13.6 Å². The normalized spacial score (nSPS) is 15.0. The Labute approximate surface area is 225 Å². The summed E-state index contributed by atoms with van der Waals surface area (Å²) < 4.78 is 38.7. The molecule has 1 atom stereocenters. The number of pyridine rings is 1. The Morgan fingerprint density at radius 2 is 1.82 bits per heavy atom. The third-order valence-corrected chi connectivity index (χ3v) is 7.11. The topological polar surface area (TPSA) is 75.7 Å². The van der Waals surface area contributed by atoms with Gasteiger partial charge in [0.15, 0.2) is 23.1 Å². The number of rotatable bonds is 8. The van der Waals surface area contributed by atoms with E-state index in [2.05, 4.69) is 20.5 Å². The largest absolute Gasteiger partial charge is 0.493 e. The first-order valence-electron chi connectivity index (χ1n) is 12.8. The summed E-state index contributed by atoms with van der Waals surface area (Å²) in [6.45, 7) is 1.69. The molecule has 39 heavy (non-hydrogen) atoms. The van der Waals surface area contributed by atoms with Gasteiger partial charge in [0.25, 0.3) is 0 Å². The second-order valence-corrected chi connectivity index (χ2v) is 9.42. The minimum Gasteiger partial charge on any atom is -0.493 e. The molecule has 0 aliphatic carbocycles. The number of aromatic nitrogens is 1. The van der Waals surface area contributed by atoms with Crippen LogP contribution in [0.25, 0.3) is 10.9 Å². The Hall–Kier alpha value is -4.24. The van der Waals surface area contributed by atoms with Gasteiger partial charge in [0.1, 0.15) is 0 Å². The number of benzene rings is 3. The number of hydrogen-bond donors (Lipinski definition) is 2. The van der Waals surface area contributed by atoms with Crippen LogP contribution in [0.5, 0.6) is 11.5 Å². The predicted molar refractivity (Wildman–Crippen MR) is 146 cm³/mol. The molecule has 1 aliphatic rings. The van der Waals surface area contributed by atoms with Gasteiger partial charge in [0.2, 0.25) is 0 Å². The zero-order chi connectivity index (χ0) is 27.4. The zero-order valence-corrected chi connectivity index (χ0v) is 21.8. The fourth-order valence-electron chi connectivity index (χ4n) is 5.16. The third-order valence-electron chi connectivity index (χ3n) is 7.11. The molecule has 2 amide bonds. The highest BCUT2D eigenvalue weighted by Gasteiger charge is 2.29. The molecule has 4 aromatic rings. The van der Waals surface area contributed by atoms with Crippen molar-refractivity contribution < 1.29 is 23.0 Å². The number of halogens is 2. The van der Waals surface area contributed by atoms with Crippen molar-refractivity contribution >= 4 is 22.6 Å². The molecule has 0 fully saturated rings. The maximum atomic E-state index is 14.0. The summed E-state index contributed by atoms with van der Waals surface area (Å²) in [4.78, 5) is 19.3. The number of carbonyl (C=O) groups excluding carboxylic acids is 1. The van der Waals surface area contributed by atoms with Crippen molar-refractivity contribution in [2.75, 3.05) is 39.2 Å². The van der Waals surface area contributed by atoms with Gasteiger partial charge in [-0.3, -0.25) is 9.88 Å². The second-order valence-electron chi connectivity index (χ2n) is 9.42. The standard InChI is InChI=1S/C30H30F2N4O3/c1-38-28-17-20-10-13-36(14-12-34-30(37)35-26-9-11-33-25-6-4-3-5-21(25)26)27(22(20)18-29(28)39-2)16-19-7-8-23(31)24(32)15-19/h3-9,11,15,17-18,27H,10,12-14,16H2,1-2H3,(H2,33,34,35,37). The lowest BCUT2D eigenvalue weighted by atomic mass is 9.88. The van der Waals surface area contributed by atoms with Gasteiger partial charge in [-0.25, -0.2) is 13.6 Å². The maximum Gasteiger partial charge on any atom is 0.319 e. The summed E-state index contributed by atoms with van der Waals surface area (Å²) in [5.74, 6) is -0.485. The van der Waals surface area contributed by atoms with E-state index in [0.29, 0.717) is 42.3 Å². The van der Waals surface area contributed by atoms with Crippen LogP contribution in [-0.2, 0) is 12.8 Å². The van der Waals surface area contributed by atoms with Crippen LogP contribution in [0, 0.1) is 11.6 Å². The summed E-state index contributed by atoms with van der Waals surface area (Å²) >= 11 is 0. The van der Waals surface area contributed by atoms with Crippen molar-refractivity contribution in [2.24, 2.45) is 0 Å². The average Bonchev–Trinajstić information content (AvgIpc) is 2.95. The molecule has 2 N–H and O–H groups in total. The number of nitrogens with zero attached hydrogens (tertiary/aromatic N) is 2. The predicted octanol–water partition coefficient (Wildman–Crippen LogP) is 5.49. The molecule has 202 valence electrons. The molecule has 0 spiro atoms. The first-order chi connectivity index (χ1) is 19.0. The number of methoxy groups -OCH3 is 2. The quantitative estimate of drug-likeness (QED) is 0.314. The molecule has 0 bridgehead atoms. The van der Waals surface area contributed by atoms with E-state index in [1.54, 1.807) is 32.5 Å². The molecule has 1 unspecified atom stereocenters. The molecule has 9 heteroatoms. The van der Waals surface area contributed by atoms with Gasteiger partial charge >= 0.3 is 6.03 Å². The van der Waals surface area contributed by atoms with Crippen LogP contribution < -0.4 is 20.1 Å². The molecular weight excluding hydrogens is 502 g/mol. The highest BCUT2D eigenvalue weighted by Crippen LogP contribution is 2.39. The number of carbonyl (C=O) groups is 1. The first-order valence-corrected chi connectivity index (χ1v) is 12.8. The minimum atomic E-state index is -0.872. The van der Waals surface area contributed by atoms with Crippen LogP contribution in [0.15, 0.2) is 66.9 Å². The lowest BCUT2D eigenvalue weighted by Crippen LogP contribution is -2.42. The fourth-order valence-corrected chi connectivity index (χ4v) is 5.16. The lowest BCUT2D eigenvalue weighted by Gasteiger charge is -2.38. The molecule has 0 saturated heterocycles. The van der Waals surface area contributed by atoms with Crippen LogP contribution in [0.4, 0.5) is 19.3 Å². The molecule has 5 rings (SSSR count). The average molecular weight is 533 g/mol.